The summed E-state index contributed by atoms with van der Waals surface area (Å²) in [6.07, 6.45) is 0. The van der Waals surface area contributed by atoms with Crippen LogP contribution in [-0.4, -0.2) is 57.2 Å². The summed E-state index contributed by atoms with van der Waals surface area (Å²) in [6, 6.07) is 9.68. The summed E-state index contributed by atoms with van der Waals surface area (Å²) in [5.41, 5.74) is 0. The van der Waals surface area contributed by atoms with Crippen molar-refractivity contribution in [2.45, 2.75) is 0 Å². The Hall–Kier alpha value is -1.06. The average molecular weight is 222 g/mol. The van der Waals surface area contributed by atoms with Crippen LogP contribution in [0.5, 0.6) is 5.75 Å². The fourth-order valence-electron chi connectivity index (χ4n) is 1.46. The molecule has 0 bridgehead atoms. The number of likely N-dealkylation sites (N-methyl/N-ethyl adjacent to an activating group) is 2. The van der Waals surface area contributed by atoms with Gasteiger partial charge in [-0.1, -0.05) is 18.2 Å². The average Bonchev–Trinajstić information content (AvgIpc) is 2.35. The van der Waals surface area contributed by atoms with Crippen molar-refractivity contribution in [2.24, 2.45) is 0 Å². The van der Waals surface area contributed by atoms with E-state index in [0.29, 0.717) is 0 Å². The first kappa shape index (κ1) is 13.0. The Morgan fingerprint density at radius 3 is 1.62 bits per heavy atom. The van der Waals surface area contributed by atoms with Crippen LogP contribution in [0.25, 0.3) is 0 Å². The molecule has 1 fully saturated rings. The number of ether oxygens (including phenoxy) is 1. The molecule has 0 N–H and O–H groups in total. The summed E-state index contributed by atoms with van der Waals surface area (Å²) in [5, 5.41) is 0. The van der Waals surface area contributed by atoms with Gasteiger partial charge in [0.1, 0.15) is 5.75 Å². The van der Waals surface area contributed by atoms with E-state index in [2.05, 4.69) is 23.9 Å². The van der Waals surface area contributed by atoms with Crippen LogP contribution in [0.4, 0.5) is 0 Å². The quantitative estimate of drug-likeness (QED) is 0.717. The lowest BCUT2D eigenvalue weighted by atomic mass is 10.3. The zero-order valence-electron chi connectivity index (χ0n) is 10.5. The second kappa shape index (κ2) is 7.25. The van der Waals surface area contributed by atoms with Crippen molar-refractivity contribution >= 4 is 0 Å². The molecule has 3 nitrogen and oxygen atoms in total. The molecule has 2 rings (SSSR count). The van der Waals surface area contributed by atoms with Gasteiger partial charge in [-0.25, -0.2) is 0 Å². The molecule has 1 heterocycles. The van der Waals surface area contributed by atoms with E-state index in [-0.39, 0.29) is 0 Å². The van der Waals surface area contributed by atoms with E-state index in [0.717, 1.165) is 5.75 Å². The van der Waals surface area contributed by atoms with Gasteiger partial charge in [-0.05, 0) is 26.2 Å². The van der Waals surface area contributed by atoms with Gasteiger partial charge in [0.05, 0.1) is 7.11 Å². The minimum atomic E-state index is 0.910. The molecular formula is C13H22N2O. The molecule has 0 spiro atoms. The first-order valence-electron chi connectivity index (χ1n) is 5.68. The van der Waals surface area contributed by atoms with Crippen LogP contribution in [0, 0.1) is 0 Å². The molecule has 1 aromatic rings. The molecule has 0 radical (unpaired) electrons. The van der Waals surface area contributed by atoms with Gasteiger partial charge in [-0.2, -0.15) is 0 Å². The SMILES string of the molecule is CN1CCN(C)CC1.COc1ccccc1. The number of nitrogens with zero attached hydrogens (tertiary/aromatic N) is 2. The largest absolute Gasteiger partial charge is 0.497 e. The predicted octanol–water partition coefficient (Wildman–Crippen LogP) is 1.56. The summed E-state index contributed by atoms with van der Waals surface area (Å²) in [4.78, 5) is 4.72. The number of benzene rings is 1. The van der Waals surface area contributed by atoms with E-state index < -0.39 is 0 Å². The van der Waals surface area contributed by atoms with Gasteiger partial charge in [0, 0.05) is 26.2 Å². The van der Waals surface area contributed by atoms with Crippen molar-refractivity contribution < 1.29 is 4.74 Å². The van der Waals surface area contributed by atoms with Crippen molar-refractivity contribution in [3.05, 3.63) is 30.3 Å². The summed E-state index contributed by atoms with van der Waals surface area (Å²) in [7, 11) is 6.01. The molecule has 1 saturated heterocycles. The van der Waals surface area contributed by atoms with Crippen molar-refractivity contribution in [2.75, 3.05) is 47.4 Å². The lowest BCUT2D eigenvalue weighted by molar-refractivity contribution is 0.181. The zero-order chi connectivity index (χ0) is 11.8. The smallest absolute Gasteiger partial charge is 0.118 e. The third-order valence-corrected chi connectivity index (χ3v) is 2.71. The van der Waals surface area contributed by atoms with Crippen LogP contribution >= 0.6 is 0 Å². The van der Waals surface area contributed by atoms with Gasteiger partial charge in [0.15, 0.2) is 0 Å². The van der Waals surface area contributed by atoms with Crippen molar-refractivity contribution in [3.63, 3.8) is 0 Å². The Morgan fingerprint density at radius 2 is 1.31 bits per heavy atom. The molecule has 1 aromatic carbocycles. The van der Waals surface area contributed by atoms with E-state index in [1.165, 1.54) is 26.2 Å². The van der Waals surface area contributed by atoms with Crippen molar-refractivity contribution in [1.82, 2.24) is 9.80 Å². The highest BCUT2D eigenvalue weighted by Crippen LogP contribution is 2.05. The maximum Gasteiger partial charge on any atom is 0.118 e. The number of rotatable bonds is 1. The summed E-state index contributed by atoms with van der Waals surface area (Å²) < 4.78 is 4.91. The molecular weight excluding hydrogens is 200 g/mol. The maximum absolute atomic E-state index is 4.91. The lowest BCUT2D eigenvalue weighted by Gasteiger charge is -2.28. The molecule has 1 aliphatic heterocycles. The Bertz CT molecular complexity index is 259. The minimum Gasteiger partial charge on any atom is -0.497 e. The second-order valence-electron chi connectivity index (χ2n) is 4.12. The van der Waals surface area contributed by atoms with Crippen LogP contribution in [-0.2, 0) is 0 Å². The number of hydrogen-bond donors (Lipinski definition) is 0. The topological polar surface area (TPSA) is 15.7 Å². The first-order valence-corrected chi connectivity index (χ1v) is 5.68. The molecule has 0 amide bonds. The molecule has 3 heteroatoms. The summed E-state index contributed by atoms with van der Waals surface area (Å²) in [5.74, 6) is 0.910. The molecule has 0 aromatic heterocycles. The highest BCUT2D eigenvalue weighted by Gasteiger charge is 2.07. The highest BCUT2D eigenvalue weighted by molar-refractivity contribution is 5.20. The van der Waals surface area contributed by atoms with Crippen LogP contribution in [0.15, 0.2) is 30.3 Å². The van der Waals surface area contributed by atoms with Gasteiger partial charge >= 0.3 is 0 Å². The van der Waals surface area contributed by atoms with Crippen LogP contribution in [0.2, 0.25) is 0 Å². The predicted molar refractivity (Wildman–Crippen MR) is 68.0 cm³/mol. The minimum absolute atomic E-state index is 0.910. The van der Waals surface area contributed by atoms with Gasteiger partial charge < -0.3 is 14.5 Å². The van der Waals surface area contributed by atoms with Gasteiger partial charge in [0.2, 0.25) is 0 Å². The Kier molecular flexibility index (Phi) is 5.90. The van der Waals surface area contributed by atoms with Gasteiger partial charge in [-0.15, -0.1) is 0 Å². The monoisotopic (exact) mass is 222 g/mol. The van der Waals surface area contributed by atoms with Gasteiger partial charge in [0.25, 0.3) is 0 Å². The number of hydrogen-bond acceptors (Lipinski definition) is 3. The molecule has 1 aliphatic rings. The number of para-hydroxylation sites is 1. The molecule has 90 valence electrons. The van der Waals surface area contributed by atoms with Crippen molar-refractivity contribution in [1.29, 1.82) is 0 Å². The first-order chi connectivity index (χ1) is 7.72. The Balaban J connectivity index is 0.000000160. The Morgan fingerprint density at radius 1 is 0.875 bits per heavy atom. The molecule has 0 aliphatic carbocycles. The third-order valence-electron chi connectivity index (χ3n) is 2.71. The Labute approximate surface area is 98.6 Å². The van der Waals surface area contributed by atoms with E-state index in [9.17, 15) is 0 Å². The van der Waals surface area contributed by atoms with Crippen LogP contribution < -0.4 is 4.74 Å². The zero-order valence-corrected chi connectivity index (χ0v) is 10.5. The van der Waals surface area contributed by atoms with Crippen molar-refractivity contribution in [3.8, 4) is 5.75 Å². The normalized spacial score (nSPS) is 17.4. The number of methoxy groups -OCH3 is 1. The summed E-state index contributed by atoms with van der Waals surface area (Å²) >= 11 is 0. The van der Waals surface area contributed by atoms with E-state index in [4.69, 9.17) is 4.74 Å². The standard InChI is InChI=1S/C7H8O.C6H14N2/c1-8-7-5-3-2-4-6-7;1-7-3-5-8(2)6-4-7/h2-6H,1H3;3-6H2,1-2H3. The third kappa shape index (κ3) is 5.14. The highest BCUT2D eigenvalue weighted by atomic mass is 16.5. The van der Waals surface area contributed by atoms with Gasteiger partial charge in [-0.3, -0.25) is 0 Å². The lowest BCUT2D eigenvalue weighted by Crippen LogP contribution is -2.42. The van der Waals surface area contributed by atoms with E-state index >= 15 is 0 Å². The molecule has 16 heavy (non-hydrogen) atoms. The van der Waals surface area contributed by atoms with E-state index in [1.54, 1.807) is 7.11 Å². The molecule has 0 unspecified atom stereocenters. The molecule has 0 atom stereocenters. The molecule has 0 saturated carbocycles. The van der Waals surface area contributed by atoms with Crippen LogP contribution in [0.3, 0.4) is 0 Å². The second-order valence-corrected chi connectivity index (χ2v) is 4.12. The summed E-state index contributed by atoms with van der Waals surface area (Å²) in [6.45, 7) is 4.93. The maximum atomic E-state index is 4.91. The number of piperazine rings is 1. The van der Waals surface area contributed by atoms with Crippen LogP contribution in [0.1, 0.15) is 0 Å². The van der Waals surface area contributed by atoms with E-state index in [1.807, 2.05) is 30.3 Å². The fourth-order valence-corrected chi connectivity index (χ4v) is 1.46. The fraction of sp³-hybridized carbons (Fsp3) is 0.538.